The van der Waals surface area contributed by atoms with E-state index in [-0.39, 0.29) is 0 Å². The molecule has 0 fully saturated rings. The Bertz CT molecular complexity index is 1330. The van der Waals surface area contributed by atoms with E-state index in [1.165, 1.54) is 0 Å². The first-order chi connectivity index (χ1) is 15.3. The topological polar surface area (TPSA) is 76.5 Å². The third-order valence-electron chi connectivity index (χ3n) is 5.13. The van der Waals surface area contributed by atoms with Gasteiger partial charge in [0, 0.05) is 48.0 Å². The summed E-state index contributed by atoms with van der Waals surface area (Å²) in [6, 6.07) is 18.3. The maximum Gasteiger partial charge on any atom is 0.137 e. The highest BCUT2D eigenvalue weighted by molar-refractivity contribution is 5.91. The Balaban J connectivity index is 1.35. The monoisotopic (exact) mass is 404 g/mol. The fourth-order valence-electron chi connectivity index (χ4n) is 3.51. The van der Waals surface area contributed by atoms with Crippen LogP contribution in [0.25, 0.3) is 33.3 Å². The third kappa shape index (κ3) is 4.09. The minimum absolute atomic E-state index is 0.626. The van der Waals surface area contributed by atoms with E-state index in [2.05, 4.69) is 54.5 Å². The second kappa shape index (κ2) is 8.28. The molecule has 4 heterocycles. The molecule has 0 bridgehead atoms. The molecule has 0 saturated carbocycles. The van der Waals surface area contributed by atoms with Gasteiger partial charge in [0.1, 0.15) is 12.1 Å². The lowest BCUT2D eigenvalue weighted by Crippen LogP contribution is -2.03. The van der Waals surface area contributed by atoms with Crippen LogP contribution in [0.4, 0.5) is 5.82 Å². The Morgan fingerprint density at radius 3 is 2.42 bits per heavy atom. The molecule has 0 aliphatic rings. The molecule has 6 nitrogen and oxygen atoms in total. The van der Waals surface area contributed by atoms with Gasteiger partial charge in [-0.2, -0.15) is 0 Å². The van der Waals surface area contributed by atoms with Crippen molar-refractivity contribution < 1.29 is 0 Å². The van der Waals surface area contributed by atoms with E-state index >= 15 is 0 Å². The normalized spacial score (nSPS) is 10.9. The number of hydrogen-bond acceptors (Lipinski definition) is 6. The van der Waals surface area contributed by atoms with Gasteiger partial charge in [-0.1, -0.05) is 12.1 Å². The summed E-state index contributed by atoms with van der Waals surface area (Å²) in [6.07, 6.45) is 8.88. The molecular formula is C25H20N6. The second-order valence-corrected chi connectivity index (χ2v) is 7.28. The molecule has 0 saturated heterocycles. The van der Waals surface area contributed by atoms with E-state index < -0.39 is 0 Å². The summed E-state index contributed by atoms with van der Waals surface area (Å²) < 4.78 is 0. The number of anilines is 1. The summed E-state index contributed by atoms with van der Waals surface area (Å²) in [6.45, 7) is 2.61. The van der Waals surface area contributed by atoms with Crippen molar-refractivity contribution in [2.75, 3.05) is 5.32 Å². The fraction of sp³-hybridized carbons (Fsp3) is 0.0800. The zero-order valence-electron chi connectivity index (χ0n) is 17.0. The predicted octanol–water partition coefficient (Wildman–Crippen LogP) is 5.07. The zero-order chi connectivity index (χ0) is 21.0. The lowest BCUT2D eigenvalue weighted by molar-refractivity contribution is 1.08. The summed E-state index contributed by atoms with van der Waals surface area (Å²) in [7, 11) is 0. The quantitative estimate of drug-likeness (QED) is 0.441. The van der Waals surface area contributed by atoms with Crippen molar-refractivity contribution in [3.8, 4) is 22.4 Å². The van der Waals surface area contributed by atoms with Crippen LogP contribution in [0.2, 0.25) is 0 Å². The molecule has 0 amide bonds. The number of nitrogens with one attached hydrogen (secondary N) is 1. The molecule has 0 spiro atoms. The van der Waals surface area contributed by atoms with Crippen LogP contribution in [0, 0.1) is 6.92 Å². The maximum absolute atomic E-state index is 4.60. The summed E-state index contributed by atoms with van der Waals surface area (Å²) in [5.41, 5.74) is 7.17. The van der Waals surface area contributed by atoms with Crippen LogP contribution in [0.15, 0.2) is 85.7 Å². The number of rotatable bonds is 5. The summed E-state index contributed by atoms with van der Waals surface area (Å²) in [4.78, 5) is 21.8. The minimum Gasteiger partial charge on any atom is -0.365 e. The van der Waals surface area contributed by atoms with Gasteiger partial charge < -0.3 is 5.32 Å². The first-order valence-electron chi connectivity index (χ1n) is 10.0. The van der Waals surface area contributed by atoms with Crippen LogP contribution in [0.3, 0.4) is 0 Å². The lowest BCUT2D eigenvalue weighted by Gasteiger charge is -2.10. The number of aryl methyl sites for hydroxylation is 1. The van der Waals surface area contributed by atoms with Gasteiger partial charge in [-0.15, -0.1) is 0 Å². The Morgan fingerprint density at radius 2 is 1.61 bits per heavy atom. The van der Waals surface area contributed by atoms with Crippen molar-refractivity contribution in [1.29, 1.82) is 0 Å². The minimum atomic E-state index is 0.626. The average molecular weight is 404 g/mol. The highest BCUT2D eigenvalue weighted by Crippen LogP contribution is 2.26. The molecule has 31 heavy (non-hydrogen) atoms. The van der Waals surface area contributed by atoms with E-state index in [1.807, 2.05) is 49.6 Å². The van der Waals surface area contributed by atoms with Crippen molar-refractivity contribution in [3.63, 3.8) is 0 Å². The van der Waals surface area contributed by atoms with Crippen LogP contribution in [0.1, 0.15) is 11.3 Å². The largest absolute Gasteiger partial charge is 0.365 e. The predicted molar refractivity (Wildman–Crippen MR) is 122 cm³/mol. The molecular weight excluding hydrogens is 384 g/mol. The van der Waals surface area contributed by atoms with Crippen molar-refractivity contribution in [1.82, 2.24) is 24.9 Å². The first kappa shape index (κ1) is 18.8. The van der Waals surface area contributed by atoms with Gasteiger partial charge in [0.2, 0.25) is 0 Å². The highest BCUT2D eigenvalue weighted by atomic mass is 15.0. The summed E-state index contributed by atoms with van der Waals surface area (Å²) in [5, 5.41) is 4.40. The molecule has 150 valence electrons. The summed E-state index contributed by atoms with van der Waals surface area (Å²) >= 11 is 0. The lowest BCUT2D eigenvalue weighted by atomic mass is 10.1. The molecule has 0 unspecified atom stereocenters. The van der Waals surface area contributed by atoms with Crippen LogP contribution in [0.5, 0.6) is 0 Å². The smallest absolute Gasteiger partial charge is 0.137 e. The first-order valence-corrected chi connectivity index (χ1v) is 10.0. The van der Waals surface area contributed by atoms with Gasteiger partial charge in [-0.3, -0.25) is 15.0 Å². The van der Waals surface area contributed by atoms with E-state index in [0.29, 0.717) is 6.54 Å². The second-order valence-electron chi connectivity index (χ2n) is 7.28. The van der Waals surface area contributed by atoms with Crippen molar-refractivity contribution in [2.45, 2.75) is 13.5 Å². The fourth-order valence-corrected chi connectivity index (χ4v) is 3.51. The SMILES string of the molecule is Cc1cc(-c2ccc(CNc3ncnc4cc(-c5ccncc5)ccc34)cn2)ccn1. The van der Waals surface area contributed by atoms with Gasteiger partial charge in [0.25, 0.3) is 0 Å². The third-order valence-corrected chi connectivity index (χ3v) is 5.13. The molecule has 0 aliphatic carbocycles. The Morgan fingerprint density at radius 1 is 0.742 bits per heavy atom. The maximum atomic E-state index is 4.60. The molecule has 1 aromatic carbocycles. The Kier molecular flexibility index (Phi) is 5.02. The van der Waals surface area contributed by atoms with Gasteiger partial charge >= 0.3 is 0 Å². The molecule has 4 aromatic heterocycles. The summed E-state index contributed by atoms with van der Waals surface area (Å²) in [5.74, 6) is 0.806. The molecule has 5 rings (SSSR count). The zero-order valence-corrected chi connectivity index (χ0v) is 17.0. The number of hydrogen-bond donors (Lipinski definition) is 1. The molecule has 0 radical (unpaired) electrons. The number of fused-ring (bicyclic) bond motifs is 1. The standard InChI is InChI=1S/C25H20N6/c1-17-12-21(8-11-27-17)23-5-2-18(14-28-23)15-29-25-22-4-3-20(13-24(22)30-16-31-25)19-6-9-26-10-7-19/h2-14,16H,15H2,1H3,(H,29,30,31). The average Bonchev–Trinajstić information content (AvgIpc) is 2.83. The number of pyridine rings is 3. The van der Waals surface area contributed by atoms with Crippen LogP contribution >= 0.6 is 0 Å². The number of nitrogens with zero attached hydrogens (tertiary/aromatic N) is 5. The van der Waals surface area contributed by atoms with E-state index in [4.69, 9.17) is 0 Å². The van der Waals surface area contributed by atoms with Crippen LogP contribution in [-0.2, 0) is 6.54 Å². The van der Waals surface area contributed by atoms with Gasteiger partial charge in [0.15, 0.2) is 0 Å². The molecule has 5 aromatic rings. The number of benzene rings is 1. The molecule has 6 heteroatoms. The van der Waals surface area contributed by atoms with Crippen LogP contribution in [-0.4, -0.2) is 24.9 Å². The van der Waals surface area contributed by atoms with Crippen molar-refractivity contribution in [2.24, 2.45) is 0 Å². The van der Waals surface area contributed by atoms with Crippen LogP contribution < -0.4 is 5.32 Å². The van der Waals surface area contributed by atoms with Gasteiger partial charge in [-0.05, 0) is 66.1 Å². The van der Waals surface area contributed by atoms with E-state index in [0.717, 1.165) is 50.4 Å². The van der Waals surface area contributed by atoms with E-state index in [1.54, 1.807) is 18.7 Å². The Hall–Kier alpha value is -4.19. The van der Waals surface area contributed by atoms with E-state index in [9.17, 15) is 0 Å². The molecule has 1 N–H and O–H groups in total. The molecule has 0 aliphatic heterocycles. The van der Waals surface area contributed by atoms with Crippen molar-refractivity contribution in [3.05, 3.63) is 97.0 Å². The van der Waals surface area contributed by atoms with Gasteiger partial charge in [0.05, 0.1) is 11.2 Å². The van der Waals surface area contributed by atoms with Crippen molar-refractivity contribution >= 4 is 16.7 Å². The Labute approximate surface area is 180 Å². The number of aromatic nitrogens is 5. The molecule has 0 atom stereocenters. The van der Waals surface area contributed by atoms with Gasteiger partial charge in [-0.25, -0.2) is 9.97 Å². The highest BCUT2D eigenvalue weighted by Gasteiger charge is 2.07.